The van der Waals surface area contributed by atoms with Crippen molar-refractivity contribution in [3.63, 3.8) is 0 Å². The molecule has 3 aromatic rings. The van der Waals surface area contributed by atoms with Gasteiger partial charge in [-0.2, -0.15) is 0 Å². The molecule has 1 atom stereocenters. The van der Waals surface area contributed by atoms with Crippen LogP contribution in [-0.2, 0) is 41.7 Å². The fourth-order valence-electron chi connectivity index (χ4n) is 8.87. The molecule has 0 saturated heterocycles. The zero-order valence-electron chi connectivity index (χ0n) is 39.3. The monoisotopic (exact) mass is 928 g/mol. The smallest absolute Gasteiger partial charge is 0.255 e. The number of hydrogen-bond donors (Lipinski definition) is 5. The summed E-state index contributed by atoms with van der Waals surface area (Å²) in [5, 5.41) is 11.9. The number of anilines is 1. The number of amidine groups is 1. The molecule has 1 saturated carbocycles. The normalized spacial score (nSPS) is 17.0. The van der Waals surface area contributed by atoms with Crippen molar-refractivity contribution in [3.05, 3.63) is 107 Å². The van der Waals surface area contributed by atoms with Crippen LogP contribution in [-0.4, -0.2) is 94.2 Å². The number of benzene rings is 2. The zero-order chi connectivity index (χ0) is 48.4. The molecule has 3 aliphatic rings. The van der Waals surface area contributed by atoms with Crippen LogP contribution >= 0.6 is 0 Å². The number of unbranched alkanes of at least 4 members (excludes halogenated alkanes) is 2. The van der Waals surface area contributed by atoms with E-state index in [9.17, 15) is 33.6 Å². The number of nitrogens with two attached hydrogens (primary N) is 1. The molecule has 3 heterocycles. The molecular formula is C52H65N9O7. The zero-order valence-corrected chi connectivity index (χ0v) is 39.3. The van der Waals surface area contributed by atoms with E-state index in [0.29, 0.717) is 72.7 Å². The van der Waals surface area contributed by atoms with E-state index in [0.717, 1.165) is 56.9 Å². The van der Waals surface area contributed by atoms with Gasteiger partial charge in [0.1, 0.15) is 5.84 Å². The molecule has 0 bridgehead atoms. The van der Waals surface area contributed by atoms with Crippen molar-refractivity contribution in [2.24, 2.45) is 22.6 Å². The number of carbonyl (C=O) groups excluding carboxylic acids is 7. The van der Waals surface area contributed by atoms with Crippen LogP contribution in [0.25, 0.3) is 6.08 Å². The van der Waals surface area contributed by atoms with Gasteiger partial charge in [-0.05, 0) is 99.1 Å². The standard InChI is InChI=1S/C52H65N9O7/c1-3-23-60(24-4-2)52(68)41-27-39-18-19-40(28-44(39)59-45(53)29-41)51(67)58-43-26-37(31-54-33-43)32-56-47(63)30-42(25-35-11-7-5-8-12-35)57-46(62)13-9-6-10-22-55-50(66)38-16-14-36(15-17-38)34-61-48(64)20-21-49(61)65/h5,7-8,11-12,18-21,26-28,31,33,36,38,42H,3-4,6,9-10,13-17,22-25,29-30,32,34H2,1-2H3,(H2,53,59)(H,55,66)(H,56,63)(H,57,62)(H,58,67)/t36?,38?,42-/m0/s1. The Labute approximate surface area is 398 Å². The van der Waals surface area contributed by atoms with Gasteiger partial charge in [-0.3, -0.25) is 43.4 Å². The number of hydrogen-bond acceptors (Lipinski definition) is 10. The molecule has 1 fully saturated rings. The summed E-state index contributed by atoms with van der Waals surface area (Å²) in [5.41, 5.74) is 10.4. The van der Waals surface area contributed by atoms with Gasteiger partial charge in [0, 0.05) is 99.0 Å². The van der Waals surface area contributed by atoms with Gasteiger partial charge in [-0.15, -0.1) is 0 Å². The van der Waals surface area contributed by atoms with E-state index in [1.807, 2.05) is 49.1 Å². The number of amides is 7. The first-order valence-corrected chi connectivity index (χ1v) is 24.0. The quantitative estimate of drug-likeness (QED) is 0.0563. The number of rotatable bonds is 23. The summed E-state index contributed by atoms with van der Waals surface area (Å²) in [5.74, 6) is -0.964. The number of nitrogens with one attached hydrogen (secondary N) is 4. The Hall–Kier alpha value is -6.97. The third-order valence-electron chi connectivity index (χ3n) is 12.4. The third kappa shape index (κ3) is 15.0. The molecular weight excluding hydrogens is 863 g/mol. The predicted molar refractivity (Wildman–Crippen MR) is 261 cm³/mol. The summed E-state index contributed by atoms with van der Waals surface area (Å²) in [6, 6.07) is 16.0. The Balaban J connectivity index is 0.931. The Morgan fingerprint density at radius 1 is 0.838 bits per heavy atom. The fraction of sp³-hybridized carbons (Fsp3) is 0.442. The van der Waals surface area contributed by atoms with Crippen molar-refractivity contribution in [3.8, 4) is 0 Å². The number of pyridine rings is 1. The minimum absolute atomic E-state index is 0.0260. The SMILES string of the molecule is CCCN(CCC)C(=O)C1=Cc2ccc(C(=O)Nc3cncc(CNC(=O)C[C@H](Cc4ccccc4)NC(=O)CCCCCNC(=O)C4CCC(CN5C(=O)C=CC5=O)CC4)c3)cc2N=C(N)C1. The second kappa shape index (κ2) is 25.2. The van der Waals surface area contributed by atoms with Crippen LogP contribution < -0.4 is 27.0 Å². The molecule has 0 radical (unpaired) electrons. The summed E-state index contributed by atoms with van der Waals surface area (Å²) < 4.78 is 0. The van der Waals surface area contributed by atoms with Gasteiger partial charge in [-0.1, -0.05) is 56.7 Å². The first-order chi connectivity index (χ1) is 32.9. The highest BCUT2D eigenvalue weighted by molar-refractivity contribution is 6.13. The maximum absolute atomic E-state index is 13.4. The first kappa shape index (κ1) is 50.4. The van der Waals surface area contributed by atoms with Gasteiger partial charge in [-0.25, -0.2) is 4.99 Å². The van der Waals surface area contributed by atoms with E-state index in [1.165, 1.54) is 23.2 Å². The topological polar surface area (TPSA) is 225 Å². The number of fused-ring (bicyclic) bond motifs is 1. The lowest BCUT2D eigenvalue weighted by atomic mass is 9.81. The molecule has 16 heteroatoms. The molecule has 360 valence electrons. The molecule has 2 aromatic carbocycles. The molecule has 0 spiro atoms. The van der Waals surface area contributed by atoms with Crippen molar-refractivity contribution in [1.82, 2.24) is 30.7 Å². The van der Waals surface area contributed by atoms with Crippen LogP contribution in [0.4, 0.5) is 11.4 Å². The summed E-state index contributed by atoms with van der Waals surface area (Å²) in [7, 11) is 0. The lowest BCUT2D eigenvalue weighted by molar-refractivity contribution is -0.138. The van der Waals surface area contributed by atoms with Crippen molar-refractivity contribution < 1.29 is 33.6 Å². The Kier molecular flexibility index (Phi) is 18.7. The van der Waals surface area contributed by atoms with E-state index in [2.05, 4.69) is 31.2 Å². The maximum atomic E-state index is 13.4. The number of carbonyl (C=O) groups is 7. The molecule has 2 aliphatic heterocycles. The third-order valence-corrected chi connectivity index (χ3v) is 12.4. The minimum atomic E-state index is -0.448. The van der Waals surface area contributed by atoms with Crippen LogP contribution in [0.15, 0.2) is 89.7 Å². The van der Waals surface area contributed by atoms with Gasteiger partial charge in [0.2, 0.25) is 23.6 Å². The average molecular weight is 928 g/mol. The van der Waals surface area contributed by atoms with Crippen LogP contribution in [0, 0.1) is 11.8 Å². The average Bonchev–Trinajstić information content (AvgIpc) is 3.53. The summed E-state index contributed by atoms with van der Waals surface area (Å²) in [6.45, 7) is 6.45. The number of nitrogens with zero attached hydrogens (tertiary/aromatic N) is 4. The second-order valence-electron chi connectivity index (χ2n) is 17.9. The molecule has 6 N–H and O–H groups in total. The minimum Gasteiger partial charge on any atom is -0.387 e. The lowest BCUT2D eigenvalue weighted by Crippen LogP contribution is -2.40. The van der Waals surface area contributed by atoms with Crippen LogP contribution in [0.1, 0.15) is 118 Å². The molecule has 1 aromatic heterocycles. The van der Waals surface area contributed by atoms with Crippen LogP contribution in [0.5, 0.6) is 0 Å². The molecule has 6 rings (SSSR count). The molecule has 16 nitrogen and oxygen atoms in total. The summed E-state index contributed by atoms with van der Waals surface area (Å²) >= 11 is 0. The first-order valence-electron chi connectivity index (χ1n) is 24.0. The fourth-order valence-corrected chi connectivity index (χ4v) is 8.87. The highest BCUT2D eigenvalue weighted by atomic mass is 16.2. The lowest BCUT2D eigenvalue weighted by Gasteiger charge is -2.30. The van der Waals surface area contributed by atoms with Crippen molar-refractivity contribution in [2.75, 3.05) is 31.5 Å². The van der Waals surface area contributed by atoms with E-state index in [-0.39, 0.29) is 78.9 Å². The van der Waals surface area contributed by atoms with Gasteiger partial charge in [0.25, 0.3) is 17.7 Å². The number of imide groups is 1. The maximum Gasteiger partial charge on any atom is 0.255 e. The summed E-state index contributed by atoms with van der Waals surface area (Å²) in [4.78, 5) is 102. The highest BCUT2D eigenvalue weighted by Gasteiger charge is 2.31. The van der Waals surface area contributed by atoms with Gasteiger partial charge < -0.3 is 31.9 Å². The van der Waals surface area contributed by atoms with E-state index in [4.69, 9.17) is 5.73 Å². The van der Waals surface area contributed by atoms with E-state index < -0.39 is 11.9 Å². The Morgan fingerprint density at radius 2 is 1.57 bits per heavy atom. The molecule has 0 unspecified atom stereocenters. The number of aromatic nitrogens is 1. The van der Waals surface area contributed by atoms with Crippen LogP contribution in [0.2, 0.25) is 0 Å². The second-order valence-corrected chi connectivity index (χ2v) is 17.9. The Morgan fingerprint density at radius 3 is 2.29 bits per heavy atom. The predicted octanol–water partition coefficient (Wildman–Crippen LogP) is 5.90. The van der Waals surface area contributed by atoms with Crippen LogP contribution in [0.3, 0.4) is 0 Å². The number of aliphatic imine (C=N–C) groups is 1. The molecule has 68 heavy (non-hydrogen) atoms. The Bertz CT molecular complexity index is 2370. The summed E-state index contributed by atoms with van der Waals surface area (Å²) in [6.07, 6.45) is 15.4. The van der Waals surface area contributed by atoms with E-state index >= 15 is 0 Å². The van der Waals surface area contributed by atoms with Gasteiger partial charge in [0.15, 0.2) is 0 Å². The van der Waals surface area contributed by atoms with Gasteiger partial charge in [0.05, 0.1) is 17.6 Å². The van der Waals surface area contributed by atoms with E-state index in [1.54, 1.807) is 36.5 Å². The van der Waals surface area contributed by atoms with Crippen molar-refractivity contribution in [1.29, 1.82) is 0 Å². The van der Waals surface area contributed by atoms with Crippen molar-refractivity contribution >= 4 is 64.6 Å². The molecule has 7 amide bonds. The highest BCUT2D eigenvalue weighted by Crippen LogP contribution is 2.31. The van der Waals surface area contributed by atoms with Gasteiger partial charge >= 0.3 is 0 Å². The van der Waals surface area contributed by atoms with Crippen molar-refractivity contribution in [2.45, 2.75) is 110 Å². The molecule has 1 aliphatic carbocycles. The largest absolute Gasteiger partial charge is 0.387 e.